The lowest BCUT2D eigenvalue weighted by Crippen LogP contribution is -2.43. The summed E-state index contributed by atoms with van der Waals surface area (Å²) in [6.45, 7) is 0.333. The Labute approximate surface area is 121 Å². The topological polar surface area (TPSA) is 78.0 Å². The highest BCUT2D eigenvalue weighted by Crippen LogP contribution is 2.27. The summed E-state index contributed by atoms with van der Waals surface area (Å²) in [7, 11) is 0. The molecule has 1 unspecified atom stereocenters. The standard InChI is InChI=1S/C14H17N3O2S/c18-12(17-8-14(19)3-5-20-9-14)6-10-7-16-13-11(10)2-1-4-15-13/h1-2,4,7,19H,3,5-6,8-9H2,(H,15,16)(H,17,18). The highest BCUT2D eigenvalue weighted by molar-refractivity contribution is 7.99. The minimum atomic E-state index is -0.734. The SMILES string of the molecule is O=C(Cc1c[nH]c2ncccc12)NCC1(O)CCSC1. The van der Waals surface area contributed by atoms with E-state index in [0.29, 0.717) is 18.7 Å². The van der Waals surface area contributed by atoms with Crippen molar-refractivity contribution in [1.82, 2.24) is 15.3 Å². The summed E-state index contributed by atoms with van der Waals surface area (Å²) in [4.78, 5) is 19.2. The van der Waals surface area contributed by atoms with E-state index in [0.717, 1.165) is 28.8 Å². The highest BCUT2D eigenvalue weighted by atomic mass is 32.2. The largest absolute Gasteiger partial charge is 0.387 e. The molecule has 3 rings (SSSR count). The molecule has 3 heterocycles. The van der Waals surface area contributed by atoms with Crippen LogP contribution in [0, 0.1) is 0 Å². The van der Waals surface area contributed by atoms with Crippen LogP contribution in [0.3, 0.4) is 0 Å². The Morgan fingerprint density at radius 2 is 2.50 bits per heavy atom. The van der Waals surface area contributed by atoms with Gasteiger partial charge in [-0.25, -0.2) is 4.98 Å². The number of thioether (sulfide) groups is 1. The molecule has 1 saturated heterocycles. The molecule has 20 heavy (non-hydrogen) atoms. The van der Waals surface area contributed by atoms with E-state index >= 15 is 0 Å². The van der Waals surface area contributed by atoms with Gasteiger partial charge in [-0.3, -0.25) is 4.79 Å². The molecule has 1 aliphatic rings. The summed E-state index contributed by atoms with van der Waals surface area (Å²) in [5.74, 6) is 1.59. The predicted octanol–water partition coefficient (Wildman–Crippen LogP) is 1.09. The van der Waals surface area contributed by atoms with Crippen LogP contribution in [0.15, 0.2) is 24.5 Å². The summed E-state index contributed by atoms with van der Waals surface area (Å²) < 4.78 is 0. The lowest BCUT2D eigenvalue weighted by Gasteiger charge is -2.21. The molecule has 1 amide bonds. The van der Waals surface area contributed by atoms with Crippen molar-refractivity contribution in [3.8, 4) is 0 Å². The molecule has 0 aliphatic carbocycles. The van der Waals surface area contributed by atoms with Crippen molar-refractivity contribution in [2.24, 2.45) is 0 Å². The molecule has 0 spiro atoms. The Bertz CT molecular complexity index is 620. The molecule has 1 aliphatic heterocycles. The van der Waals surface area contributed by atoms with Crippen LogP contribution in [0.2, 0.25) is 0 Å². The fourth-order valence-electron chi connectivity index (χ4n) is 2.39. The van der Waals surface area contributed by atoms with Gasteiger partial charge in [-0.2, -0.15) is 11.8 Å². The Balaban J connectivity index is 1.61. The number of nitrogens with one attached hydrogen (secondary N) is 2. The van der Waals surface area contributed by atoms with Crippen LogP contribution in [0.25, 0.3) is 11.0 Å². The second kappa shape index (κ2) is 5.46. The van der Waals surface area contributed by atoms with Gasteiger partial charge in [-0.15, -0.1) is 0 Å². The van der Waals surface area contributed by atoms with E-state index < -0.39 is 5.60 Å². The number of rotatable bonds is 4. The van der Waals surface area contributed by atoms with Gasteiger partial charge in [0, 0.05) is 30.1 Å². The van der Waals surface area contributed by atoms with Crippen LogP contribution in [0.5, 0.6) is 0 Å². The minimum Gasteiger partial charge on any atom is -0.387 e. The molecule has 1 fully saturated rings. The number of carbonyl (C=O) groups is 1. The van der Waals surface area contributed by atoms with Crippen molar-refractivity contribution < 1.29 is 9.90 Å². The van der Waals surface area contributed by atoms with E-state index in [1.165, 1.54) is 0 Å². The number of hydrogen-bond donors (Lipinski definition) is 3. The Morgan fingerprint density at radius 1 is 1.60 bits per heavy atom. The van der Waals surface area contributed by atoms with Crippen LogP contribution >= 0.6 is 11.8 Å². The maximum absolute atomic E-state index is 12.0. The van der Waals surface area contributed by atoms with Crippen LogP contribution in [-0.4, -0.2) is 44.6 Å². The van der Waals surface area contributed by atoms with Gasteiger partial charge in [0.1, 0.15) is 5.65 Å². The molecule has 0 aromatic carbocycles. The molecule has 1 atom stereocenters. The fraction of sp³-hybridized carbons (Fsp3) is 0.429. The number of fused-ring (bicyclic) bond motifs is 1. The van der Waals surface area contributed by atoms with Gasteiger partial charge in [0.2, 0.25) is 5.91 Å². The molecule has 2 aromatic rings. The molecular weight excluding hydrogens is 274 g/mol. The number of pyridine rings is 1. The first kappa shape index (κ1) is 13.5. The monoisotopic (exact) mass is 291 g/mol. The van der Waals surface area contributed by atoms with Crippen LogP contribution in [0.1, 0.15) is 12.0 Å². The second-order valence-corrected chi connectivity index (χ2v) is 6.30. The van der Waals surface area contributed by atoms with Crippen molar-refractivity contribution in [1.29, 1.82) is 0 Å². The summed E-state index contributed by atoms with van der Waals surface area (Å²) in [5, 5.41) is 14.0. The maximum atomic E-state index is 12.0. The second-order valence-electron chi connectivity index (χ2n) is 5.19. The van der Waals surface area contributed by atoms with E-state index in [-0.39, 0.29) is 5.91 Å². The van der Waals surface area contributed by atoms with Gasteiger partial charge in [0.15, 0.2) is 0 Å². The fourth-order valence-corrected chi connectivity index (χ4v) is 3.69. The molecule has 2 aromatic heterocycles. The first-order valence-electron chi connectivity index (χ1n) is 6.64. The molecular formula is C14H17N3O2S. The van der Waals surface area contributed by atoms with Crippen molar-refractivity contribution in [3.05, 3.63) is 30.1 Å². The number of aliphatic hydroxyl groups is 1. The Kier molecular flexibility index (Phi) is 3.67. The summed E-state index contributed by atoms with van der Waals surface area (Å²) >= 11 is 1.73. The molecule has 0 radical (unpaired) electrons. The van der Waals surface area contributed by atoms with E-state index in [1.807, 2.05) is 18.3 Å². The zero-order valence-electron chi connectivity index (χ0n) is 11.1. The predicted molar refractivity (Wildman–Crippen MR) is 79.7 cm³/mol. The van der Waals surface area contributed by atoms with Gasteiger partial charge in [0.25, 0.3) is 0 Å². The van der Waals surface area contributed by atoms with E-state index in [9.17, 15) is 9.90 Å². The number of hydrogen-bond acceptors (Lipinski definition) is 4. The third-order valence-electron chi connectivity index (χ3n) is 3.58. The third kappa shape index (κ3) is 2.81. The lowest BCUT2D eigenvalue weighted by molar-refractivity contribution is -0.121. The van der Waals surface area contributed by atoms with E-state index in [2.05, 4.69) is 15.3 Å². The molecule has 6 heteroatoms. The Morgan fingerprint density at radius 3 is 3.30 bits per heavy atom. The number of nitrogens with zero attached hydrogens (tertiary/aromatic N) is 1. The zero-order chi connectivity index (χ0) is 14.0. The number of aromatic amines is 1. The lowest BCUT2D eigenvalue weighted by atomic mass is 10.0. The maximum Gasteiger partial charge on any atom is 0.224 e. The third-order valence-corrected chi connectivity index (χ3v) is 4.82. The first-order valence-corrected chi connectivity index (χ1v) is 7.80. The van der Waals surface area contributed by atoms with Crippen molar-refractivity contribution in [3.63, 3.8) is 0 Å². The minimum absolute atomic E-state index is 0.0694. The van der Waals surface area contributed by atoms with Gasteiger partial charge in [-0.05, 0) is 29.9 Å². The van der Waals surface area contributed by atoms with Gasteiger partial charge >= 0.3 is 0 Å². The van der Waals surface area contributed by atoms with Crippen LogP contribution in [0.4, 0.5) is 0 Å². The Hall–Kier alpha value is -1.53. The van der Waals surface area contributed by atoms with E-state index in [1.54, 1.807) is 18.0 Å². The number of carbonyl (C=O) groups excluding carboxylic acids is 1. The summed E-state index contributed by atoms with van der Waals surface area (Å²) in [5.41, 5.74) is 0.988. The molecule has 0 saturated carbocycles. The quantitative estimate of drug-likeness (QED) is 0.788. The highest BCUT2D eigenvalue weighted by Gasteiger charge is 2.31. The molecule has 5 nitrogen and oxygen atoms in total. The average molecular weight is 291 g/mol. The zero-order valence-corrected chi connectivity index (χ0v) is 11.9. The normalized spacial score (nSPS) is 22.2. The number of H-pyrrole nitrogens is 1. The average Bonchev–Trinajstić information content (AvgIpc) is 3.05. The van der Waals surface area contributed by atoms with Crippen molar-refractivity contribution in [2.75, 3.05) is 18.1 Å². The summed E-state index contributed by atoms with van der Waals surface area (Å²) in [6, 6.07) is 3.80. The molecule has 106 valence electrons. The first-order chi connectivity index (χ1) is 9.66. The van der Waals surface area contributed by atoms with Crippen molar-refractivity contribution >= 4 is 28.7 Å². The summed E-state index contributed by atoms with van der Waals surface area (Å²) in [6.07, 6.45) is 4.58. The van der Waals surface area contributed by atoms with Gasteiger partial charge in [-0.1, -0.05) is 0 Å². The smallest absolute Gasteiger partial charge is 0.224 e. The van der Waals surface area contributed by atoms with Crippen LogP contribution in [-0.2, 0) is 11.2 Å². The molecule has 3 N–H and O–H groups in total. The van der Waals surface area contributed by atoms with Crippen molar-refractivity contribution in [2.45, 2.75) is 18.4 Å². The molecule has 0 bridgehead atoms. The number of aromatic nitrogens is 2. The number of amides is 1. The van der Waals surface area contributed by atoms with Gasteiger partial charge < -0.3 is 15.4 Å². The van der Waals surface area contributed by atoms with Gasteiger partial charge in [0.05, 0.1) is 12.0 Å². The van der Waals surface area contributed by atoms with Crippen LogP contribution < -0.4 is 5.32 Å². The van der Waals surface area contributed by atoms with E-state index in [4.69, 9.17) is 0 Å².